The van der Waals surface area contributed by atoms with E-state index in [0.29, 0.717) is 22.6 Å². The van der Waals surface area contributed by atoms with Gasteiger partial charge in [-0.05, 0) is 48.9 Å². The van der Waals surface area contributed by atoms with E-state index in [0.717, 1.165) is 6.42 Å². The van der Waals surface area contributed by atoms with Crippen LogP contribution < -0.4 is 14.2 Å². The lowest BCUT2D eigenvalue weighted by molar-refractivity contribution is 0.0445. The van der Waals surface area contributed by atoms with E-state index in [9.17, 15) is 9.59 Å². The molecular weight excluding hydrogens is 476 g/mol. The summed E-state index contributed by atoms with van der Waals surface area (Å²) in [7, 11) is 0. The highest BCUT2D eigenvalue weighted by atomic mass is 79.9. The number of carbonyl (C=O) groups is 2. The van der Waals surface area contributed by atoms with Crippen molar-refractivity contribution < 1.29 is 28.5 Å². The van der Waals surface area contributed by atoms with Gasteiger partial charge in [0.15, 0.2) is 0 Å². The van der Waals surface area contributed by atoms with Crippen LogP contribution in [0.4, 0.5) is 0 Å². The first-order valence-electron chi connectivity index (χ1n) is 10.2. The number of para-hydroxylation sites is 2. The molecule has 0 aliphatic rings. The van der Waals surface area contributed by atoms with Crippen molar-refractivity contribution in [3.63, 3.8) is 0 Å². The lowest BCUT2D eigenvalue weighted by atomic mass is 10.2. The summed E-state index contributed by atoms with van der Waals surface area (Å²) in [6.45, 7) is 2.70. The van der Waals surface area contributed by atoms with E-state index in [4.69, 9.17) is 18.9 Å². The predicted octanol–water partition coefficient (Wildman–Crippen LogP) is 5.69. The Morgan fingerprint density at radius 3 is 2.28 bits per heavy atom. The number of rotatable bonds is 10. The fourth-order valence-electron chi connectivity index (χ4n) is 2.77. The summed E-state index contributed by atoms with van der Waals surface area (Å²) in [4.78, 5) is 25.4. The summed E-state index contributed by atoms with van der Waals surface area (Å²) in [5.41, 5.74) is 0.402. The van der Waals surface area contributed by atoms with Crippen LogP contribution in [0.2, 0.25) is 0 Å². The number of ether oxygens (including phenoxy) is 4. The Balaban J connectivity index is 1.65. The second-order valence-electron chi connectivity index (χ2n) is 6.67. The van der Waals surface area contributed by atoms with Crippen molar-refractivity contribution >= 4 is 27.9 Å². The minimum absolute atomic E-state index is 0.0522. The molecule has 0 N–H and O–H groups in total. The molecule has 7 heteroatoms. The Hall–Kier alpha value is -3.32. The van der Waals surface area contributed by atoms with Crippen LogP contribution in [0.3, 0.4) is 0 Å². The molecule has 0 aliphatic heterocycles. The summed E-state index contributed by atoms with van der Waals surface area (Å²) < 4.78 is 22.7. The molecule has 166 valence electrons. The van der Waals surface area contributed by atoms with Crippen LogP contribution in [0, 0.1) is 0 Å². The molecule has 0 aliphatic carbocycles. The standard InChI is InChI=1S/C25H23BrO6/c1-2-14-30-22-13-12-18(26)17-21(22)25(28)32-23-11-7-6-10-20(23)24(27)31-16-15-29-19-8-4-3-5-9-19/h3-13,17H,2,14-16H2,1H3. The van der Waals surface area contributed by atoms with Crippen molar-refractivity contribution in [2.45, 2.75) is 13.3 Å². The van der Waals surface area contributed by atoms with Crippen LogP contribution in [0.1, 0.15) is 34.1 Å². The molecule has 0 fully saturated rings. The molecule has 6 nitrogen and oxygen atoms in total. The Morgan fingerprint density at radius 1 is 0.750 bits per heavy atom. The van der Waals surface area contributed by atoms with Gasteiger partial charge in [-0.2, -0.15) is 0 Å². The second kappa shape index (κ2) is 11.9. The van der Waals surface area contributed by atoms with Gasteiger partial charge in [-0.15, -0.1) is 0 Å². The van der Waals surface area contributed by atoms with Gasteiger partial charge in [-0.25, -0.2) is 9.59 Å². The fourth-order valence-corrected chi connectivity index (χ4v) is 3.13. The third-order valence-electron chi connectivity index (χ3n) is 4.26. The number of esters is 2. The number of benzene rings is 3. The SMILES string of the molecule is CCCOc1ccc(Br)cc1C(=O)Oc1ccccc1C(=O)OCCOc1ccccc1. The first-order valence-corrected chi connectivity index (χ1v) is 11.0. The van der Waals surface area contributed by atoms with Gasteiger partial charge in [-0.3, -0.25) is 0 Å². The van der Waals surface area contributed by atoms with Crippen molar-refractivity contribution in [1.82, 2.24) is 0 Å². The van der Waals surface area contributed by atoms with Crippen LogP contribution in [0.15, 0.2) is 77.3 Å². The van der Waals surface area contributed by atoms with Crippen LogP contribution in [0.5, 0.6) is 17.2 Å². The van der Waals surface area contributed by atoms with Gasteiger partial charge in [0, 0.05) is 4.47 Å². The van der Waals surface area contributed by atoms with E-state index in [1.807, 2.05) is 37.3 Å². The van der Waals surface area contributed by atoms with Crippen molar-refractivity contribution in [1.29, 1.82) is 0 Å². The molecular formula is C25H23BrO6. The smallest absolute Gasteiger partial charge is 0.347 e. The molecule has 0 amide bonds. The Kier molecular flexibility index (Phi) is 8.69. The minimum Gasteiger partial charge on any atom is -0.493 e. The quantitative estimate of drug-likeness (QED) is 0.203. The van der Waals surface area contributed by atoms with Crippen molar-refractivity contribution in [2.24, 2.45) is 0 Å². The molecule has 0 saturated carbocycles. The zero-order chi connectivity index (χ0) is 22.8. The van der Waals surface area contributed by atoms with Gasteiger partial charge in [-0.1, -0.05) is 53.2 Å². The van der Waals surface area contributed by atoms with Crippen LogP contribution in [-0.4, -0.2) is 31.8 Å². The zero-order valence-corrected chi connectivity index (χ0v) is 19.2. The van der Waals surface area contributed by atoms with Crippen molar-refractivity contribution in [3.05, 3.63) is 88.4 Å². The molecule has 0 saturated heterocycles. The third-order valence-corrected chi connectivity index (χ3v) is 4.75. The first kappa shape index (κ1) is 23.3. The molecule has 3 rings (SSSR count). The van der Waals surface area contributed by atoms with Crippen molar-refractivity contribution in [3.8, 4) is 17.2 Å². The van der Waals surface area contributed by atoms with Gasteiger partial charge in [0.1, 0.15) is 41.6 Å². The highest BCUT2D eigenvalue weighted by molar-refractivity contribution is 9.10. The maximum absolute atomic E-state index is 12.8. The molecule has 0 bridgehead atoms. The van der Waals surface area contributed by atoms with E-state index < -0.39 is 11.9 Å². The molecule has 0 atom stereocenters. The number of hydrogen-bond donors (Lipinski definition) is 0. The summed E-state index contributed by atoms with van der Waals surface area (Å²) in [6, 6.07) is 20.8. The van der Waals surface area contributed by atoms with E-state index in [1.54, 1.807) is 42.5 Å². The van der Waals surface area contributed by atoms with Gasteiger partial charge >= 0.3 is 11.9 Å². The van der Waals surface area contributed by atoms with Crippen LogP contribution >= 0.6 is 15.9 Å². The van der Waals surface area contributed by atoms with Gasteiger partial charge in [0.2, 0.25) is 0 Å². The summed E-state index contributed by atoms with van der Waals surface area (Å²) >= 11 is 3.36. The van der Waals surface area contributed by atoms with Crippen LogP contribution in [0.25, 0.3) is 0 Å². The maximum atomic E-state index is 12.8. The Morgan fingerprint density at radius 2 is 1.50 bits per heavy atom. The summed E-state index contributed by atoms with van der Waals surface area (Å²) in [5, 5.41) is 0. The lowest BCUT2D eigenvalue weighted by Gasteiger charge is -2.13. The zero-order valence-electron chi connectivity index (χ0n) is 17.6. The highest BCUT2D eigenvalue weighted by Crippen LogP contribution is 2.27. The highest BCUT2D eigenvalue weighted by Gasteiger charge is 2.20. The third kappa shape index (κ3) is 6.59. The number of halogens is 1. The molecule has 0 spiro atoms. The van der Waals surface area contributed by atoms with Gasteiger partial charge < -0.3 is 18.9 Å². The molecule has 32 heavy (non-hydrogen) atoms. The lowest BCUT2D eigenvalue weighted by Crippen LogP contribution is -2.16. The largest absolute Gasteiger partial charge is 0.493 e. The molecule has 3 aromatic carbocycles. The Labute approximate surface area is 195 Å². The number of hydrogen-bond acceptors (Lipinski definition) is 6. The van der Waals surface area contributed by atoms with E-state index in [2.05, 4.69) is 15.9 Å². The Bertz CT molecular complexity index is 1050. The molecule has 3 aromatic rings. The number of carbonyl (C=O) groups excluding carboxylic acids is 2. The molecule has 0 aromatic heterocycles. The summed E-state index contributed by atoms with van der Waals surface area (Å²) in [5.74, 6) is -0.0362. The molecule has 0 unspecified atom stereocenters. The monoisotopic (exact) mass is 498 g/mol. The average molecular weight is 499 g/mol. The van der Waals surface area contributed by atoms with Crippen molar-refractivity contribution in [2.75, 3.05) is 19.8 Å². The average Bonchev–Trinajstić information content (AvgIpc) is 2.82. The molecule has 0 radical (unpaired) electrons. The molecule has 0 heterocycles. The van der Waals surface area contributed by atoms with Gasteiger partial charge in [0.25, 0.3) is 0 Å². The van der Waals surface area contributed by atoms with Gasteiger partial charge in [0.05, 0.1) is 6.61 Å². The fraction of sp³-hybridized carbons (Fsp3) is 0.200. The predicted molar refractivity (Wildman–Crippen MR) is 124 cm³/mol. The maximum Gasteiger partial charge on any atom is 0.347 e. The van der Waals surface area contributed by atoms with Crippen LogP contribution in [-0.2, 0) is 4.74 Å². The normalized spacial score (nSPS) is 10.3. The minimum atomic E-state index is -0.634. The first-order chi connectivity index (χ1) is 15.6. The topological polar surface area (TPSA) is 71.1 Å². The van der Waals surface area contributed by atoms with E-state index >= 15 is 0 Å². The summed E-state index contributed by atoms with van der Waals surface area (Å²) in [6.07, 6.45) is 0.799. The van der Waals surface area contributed by atoms with E-state index in [1.165, 1.54) is 0 Å². The second-order valence-corrected chi connectivity index (χ2v) is 7.59. The van der Waals surface area contributed by atoms with E-state index in [-0.39, 0.29) is 30.1 Å².